The number of amides is 6. The summed E-state index contributed by atoms with van der Waals surface area (Å²) in [4.78, 5) is 85.2. The van der Waals surface area contributed by atoms with Gasteiger partial charge in [-0.25, -0.2) is 0 Å². The maximum absolute atomic E-state index is 13.8. The highest BCUT2D eigenvalue weighted by atomic mass is 16.2. The number of anilines is 2. The summed E-state index contributed by atoms with van der Waals surface area (Å²) in [6, 6.07) is 29.5. The third kappa shape index (κ3) is 9.44. The van der Waals surface area contributed by atoms with Crippen LogP contribution in [0.4, 0.5) is 11.4 Å². The number of hydrogen-bond acceptors (Lipinski definition) is 6. The van der Waals surface area contributed by atoms with Crippen LogP contribution in [-0.2, 0) is 28.8 Å². The fourth-order valence-electron chi connectivity index (χ4n) is 7.49. The third-order valence-corrected chi connectivity index (χ3v) is 10.8. The summed E-state index contributed by atoms with van der Waals surface area (Å²) in [6.07, 6.45) is 2.38. The number of likely N-dealkylation sites (tertiary alicyclic amines) is 2. The van der Waals surface area contributed by atoms with Crippen molar-refractivity contribution >= 4 is 46.8 Å². The van der Waals surface area contributed by atoms with E-state index >= 15 is 0 Å². The lowest BCUT2D eigenvalue weighted by molar-refractivity contribution is -0.146. The Morgan fingerprint density at radius 2 is 0.897 bits per heavy atom. The largest absolute Gasteiger partial charge is 0.330 e. The van der Waals surface area contributed by atoms with E-state index in [2.05, 4.69) is 22.5 Å². The Labute approximate surface area is 339 Å². The second kappa shape index (κ2) is 18.5. The number of benzene rings is 4. The van der Waals surface area contributed by atoms with E-state index in [0.717, 1.165) is 11.1 Å². The number of rotatable bonds is 10. The van der Waals surface area contributed by atoms with Crippen molar-refractivity contribution in [3.8, 4) is 11.8 Å². The number of nitrogens with one attached hydrogen (secondary N) is 2. The lowest BCUT2D eigenvalue weighted by atomic mass is 10.0. The minimum atomic E-state index is -0.832. The Morgan fingerprint density at radius 3 is 1.22 bits per heavy atom. The van der Waals surface area contributed by atoms with E-state index in [1.54, 1.807) is 72.4 Å². The van der Waals surface area contributed by atoms with Crippen LogP contribution in [0.1, 0.15) is 73.9 Å². The Kier molecular flexibility index (Phi) is 13.0. The molecule has 2 aliphatic heterocycles. The third-order valence-electron chi connectivity index (χ3n) is 10.8. The molecule has 0 saturated carbocycles. The molecule has 2 heterocycles. The molecule has 0 aliphatic carbocycles. The first-order valence-electron chi connectivity index (χ1n) is 19.4. The van der Waals surface area contributed by atoms with E-state index in [9.17, 15) is 28.8 Å². The molecule has 2 fully saturated rings. The fourth-order valence-corrected chi connectivity index (χ4v) is 7.49. The Morgan fingerprint density at radius 1 is 0.552 bits per heavy atom. The van der Waals surface area contributed by atoms with Gasteiger partial charge in [-0.05, 0) is 85.3 Å². The minimum Gasteiger partial charge on any atom is -0.330 e. The number of carbonyl (C=O) groups excluding carboxylic acids is 6. The van der Waals surface area contributed by atoms with Crippen LogP contribution in [0.2, 0.25) is 0 Å². The van der Waals surface area contributed by atoms with Gasteiger partial charge in [0, 0.05) is 63.5 Å². The highest BCUT2D eigenvalue weighted by Crippen LogP contribution is 2.30. The first-order valence-corrected chi connectivity index (χ1v) is 19.4. The van der Waals surface area contributed by atoms with Gasteiger partial charge in [-0.3, -0.25) is 28.8 Å². The maximum atomic E-state index is 13.8. The van der Waals surface area contributed by atoms with Gasteiger partial charge in [-0.2, -0.15) is 0 Å². The Bertz CT molecular complexity index is 2050. The molecule has 4 aromatic carbocycles. The highest BCUT2D eigenvalue weighted by Gasteiger charge is 2.41. The van der Waals surface area contributed by atoms with Crippen LogP contribution >= 0.6 is 0 Å². The molecule has 6 rings (SSSR count). The molecule has 6 amide bonds. The van der Waals surface area contributed by atoms with Gasteiger partial charge in [0.2, 0.25) is 23.6 Å². The monoisotopic (exact) mass is 780 g/mol. The molecule has 298 valence electrons. The van der Waals surface area contributed by atoms with Crippen molar-refractivity contribution in [3.63, 3.8) is 0 Å². The van der Waals surface area contributed by atoms with Crippen molar-refractivity contribution in [2.45, 2.75) is 63.7 Å². The van der Waals surface area contributed by atoms with Crippen LogP contribution in [0.3, 0.4) is 0 Å². The predicted octanol–water partition coefficient (Wildman–Crippen LogP) is 5.38. The molecule has 2 N–H and O–H groups in total. The maximum Gasteiger partial charge on any atom is 0.250 e. The predicted molar refractivity (Wildman–Crippen MR) is 221 cm³/mol. The quantitative estimate of drug-likeness (QED) is 0.207. The molecule has 58 heavy (non-hydrogen) atoms. The summed E-state index contributed by atoms with van der Waals surface area (Å²) in [5, 5.41) is 5.88. The van der Waals surface area contributed by atoms with Gasteiger partial charge in [-0.1, -0.05) is 72.5 Å². The number of likely N-dealkylation sites (N-methyl/N-ethyl adjacent to an activating group) is 2. The first-order chi connectivity index (χ1) is 27.9. The molecule has 4 atom stereocenters. The smallest absolute Gasteiger partial charge is 0.250 e. The van der Waals surface area contributed by atoms with E-state index in [4.69, 9.17) is 0 Å². The van der Waals surface area contributed by atoms with Gasteiger partial charge in [0.15, 0.2) is 0 Å². The van der Waals surface area contributed by atoms with Crippen molar-refractivity contribution < 1.29 is 28.8 Å². The molecule has 0 spiro atoms. The molecule has 0 unspecified atom stereocenters. The lowest BCUT2D eigenvalue weighted by Gasteiger charge is -2.33. The van der Waals surface area contributed by atoms with Crippen molar-refractivity contribution in [1.29, 1.82) is 0 Å². The topological polar surface area (TPSA) is 139 Å². The molecule has 12 heteroatoms. The Balaban J connectivity index is 1.05. The average Bonchev–Trinajstić information content (AvgIpc) is 3.94. The molecule has 2 saturated heterocycles. The van der Waals surface area contributed by atoms with E-state index in [1.807, 2.05) is 60.7 Å². The van der Waals surface area contributed by atoms with E-state index in [1.165, 1.54) is 23.6 Å². The lowest BCUT2D eigenvalue weighted by Crippen LogP contribution is -2.48. The molecule has 4 aromatic rings. The average molecular weight is 781 g/mol. The number of hydrogen-bond donors (Lipinski definition) is 2. The zero-order chi connectivity index (χ0) is 41.3. The fraction of sp³-hybridized carbons (Fsp3) is 0.304. The zero-order valence-electron chi connectivity index (χ0n) is 33.2. The van der Waals surface area contributed by atoms with Gasteiger partial charge in [0.25, 0.3) is 11.8 Å². The molecule has 12 nitrogen and oxygen atoms in total. The summed E-state index contributed by atoms with van der Waals surface area (Å²) in [7, 11) is 3.19. The normalized spacial score (nSPS) is 17.0. The van der Waals surface area contributed by atoms with E-state index in [0.29, 0.717) is 61.3 Å². The molecule has 2 aliphatic rings. The molecule has 0 radical (unpaired) electrons. The first kappa shape index (κ1) is 40.9. The van der Waals surface area contributed by atoms with Crippen LogP contribution < -0.4 is 10.6 Å². The van der Waals surface area contributed by atoms with E-state index < -0.39 is 24.2 Å². The standard InChI is InChI=1S/C46H48N6O6/c1-31(53)49(3)41(35-13-7-5-8-14-35)45(57)51-29-11-17-39(51)43(55)47-37-25-21-33(22-26-37)19-20-34-23-27-38(28-24-34)48-44(56)40-18-12-30-52(40)46(58)42(50(4)32(2)54)36-15-9-6-10-16-36/h5-10,13-16,21-28,39-42H,11-12,17-18,29-30H2,1-4H3,(H,47,55)(H,48,56)/t39-,40-,41+,42+/m0/s1. The van der Waals surface area contributed by atoms with E-state index in [-0.39, 0.29) is 35.4 Å². The SMILES string of the molecule is CC(=O)N(C)[C@@H](C(=O)N1CCC[C@H]1C(=O)Nc1ccc(C#Cc2ccc(NC(=O)[C@@H]3CCCN3C(=O)[C@@H](c3ccccc3)N(C)C(C)=O)cc2)cc1)c1ccccc1. The van der Waals surface area contributed by atoms with Crippen LogP contribution in [0, 0.1) is 11.8 Å². The second-order valence-electron chi connectivity index (χ2n) is 14.6. The van der Waals surface area contributed by atoms with Gasteiger partial charge in [-0.15, -0.1) is 0 Å². The summed E-state index contributed by atoms with van der Waals surface area (Å²) in [6.45, 7) is 3.68. The summed E-state index contributed by atoms with van der Waals surface area (Å²) in [5.41, 5.74) is 3.96. The van der Waals surface area contributed by atoms with Gasteiger partial charge in [0.1, 0.15) is 24.2 Å². The molecular weight excluding hydrogens is 733 g/mol. The van der Waals surface area contributed by atoms with Crippen molar-refractivity contribution in [3.05, 3.63) is 131 Å². The van der Waals surface area contributed by atoms with Crippen molar-refractivity contribution in [1.82, 2.24) is 19.6 Å². The zero-order valence-corrected chi connectivity index (χ0v) is 33.2. The van der Waals surface area contributed by atoms with Crippen LogP contribution in [0.25, 0.3) is 0 Å². The van der Waals surface area contributed by atoms with Gasteiger partial charge < -0.3 is 30.2 Å². The van der Waals surface area contributed by atoms with Crippen molar-refractivity contribution in [2.75, 3.05) is 37.8 Å². The minimum absolute atomic E-state index is 0.247. The molecular formula is C46H48N6O6. The van der Waals surface area contributed by atoms with Crippen molar-refractivity contribution in [2.24, 2.45) is 0 Å². The van der Waals surface area contributed by atoms with Crippen LogP contribution in [-0.4, -0.2) is 94.3 Å². The summed E-state index contributed by atoms with van der Waals surface area (Å²) >= 11 is 0. The molecule has 0 bridgehead atoms. The Hall–Kier alpha value is -6.74. The van der Waals surface area contributed by atoms with Gasteiger partial charge >= 0.3 is 0 Å². The summed E-state index contributed by atoms with van der Waals surface area (Å²) in [5.74, 6) is 4.59. The van der Waals surface area contributed by atoms with Crippen LogP contribution in [0.5, 0.6) is 0 Å². The molecule has 0 aromatic heterocycles. The number of nitrogens with zero attached hydrogens (tertiary/aromatic N) is 4. The summed E-state index contributed by atoms with van der Waals surface area (Å²) < 4.78 is 0. The van der Waals surface area contributed by atoms with Gasteiger partial charge in [0.05, 0.1) is 0 Å². The highest BCUT2D eigenvalue weighted by molar-refractivity contribution is 6.00. The van der Waals surface area contributed by atoms with Crippen LogP contribution in [0.15, 0.2) is 109 Å². The second-order valence-corrected chi connectivity index (χ2v) is 14.6. The number of carbonyl (C=O) groups is 6.